The van der Waals surface area contributed by atoms with Gasteiger partial charge >= 0.3 is 0 Å². The number of aromatic nitrogens is 3. The van der Waals surface area contributed by atoms with Crippen LogP contribution in [-0.2, 0) is 10.1 Å². The Bertz CT molecular complexity index is 1010. The monoisotopic (exact) mass is 386 g/mol. The molecule has 0 bridgehead atoms. The van der Waals surface area contributed by atoms with E-state index >= 15 is 0 Å². The van der Waals surface area contributed by atoms with E-state index in [1.54, 1.807) is 18.5 Å². The number of benzene rings is 1. The highest BCUT2D eigenvalue weighted by Crippen LogP contribution is 2.21. The fourth-order valence-electron chi connectivity index (χ4n) is 2.27. The van der Waals surface area contributed by atoms with Gasteiger partial charge in [0.2, 0.25) is 5.95 Å². The lowest BCUT2D eigenvalue weighted by Gasteiger charge is -2.12. The molecule has 2 aromatic heterocycles. The highest BCUT2D eigenvalue weighted by molar-refractivity contribution is 7.85. The van der Waals surface area contributed by atoms with E-state index in [-0.39, 0.29) is 4.90 Å². The van der Waals surface area contributed by atoms with Crippen LogP contribution in [0.2, 0.25) is 0 Å². The van der Waals surface area contributed by atoms with Gasteiger partial charge in [-0.15, -0.1) is 0 Å². The van der Waals surface area contributed by atoms with Gasteiger partial charge in [-0.05, 0) is 43.3 Å². The first-order valence-corrected chi connectivity index (χ1v) is 9.52. The Morgan fingerprint density at radius 2 is 1.70 bits per heavy atom. The van der Waals surface area contributed by atoms with Gasteiger partial charge in [-0.1, -0.05) is 0 Å². The van der Waals surface area contributed by atoms with Crippen molar-refractivity contribution in [3.8, 4) is 11.3 Å². The molecule has 27 heavy (non-hydrogen) atoms. The Balaban J connectivity index is 1.80. The van der Waals surface area contributed by atoms with Gasteiger partial charge in [-0.3, -0.25) is 20.4 Å². The largest absolute Gasteiger partial charge is 0.354 e. The van der Waals surface area contributed by atoms with Crippen LogP contribution < -0.4 is 16.2 Å². The minimum absolute atomic E-state index is 0.176. The van der Waals surface area contributed by atoms with Crippen molar-refractivity contribution in [2.24, 2.45) is 0 Å². The van der Waals surface area contributed by atoms with Gasteiger partial charge in [0.15, 0.2) is 5.82 Å². The molecule has 4 N–H and O–H groups in total. The smallest absolute Gasteiger partial charge is 0.294 e. The molecule has 0 radical (unpaired) electrons. The van der Waals surface area contributed by atoms with Crippen LogP contribution >= 0.6 is 0 Å². The summed E-state index contributed by atoms with van der Waals surface area (Å²) >= 11 is 0. The van der Waals surface area contributed by atoms with Crippen molar-refractivity contribution in [2.75, 3.05) is 22.7 Å². The summed E-state index contributed by atoms with van der Waals surface area (Å²) in [6.45, 7) is 2.62. The molecule has 0 amide bonds. The molecule has 0 aliphatic carbocycles. The summed E-state index contributed by atoms with van der Waals surface area (Å²) in [4.78, 5) is 12.7. The Labute approximate surface area is 156 Å². The molecule has 2 heterocycles. The SMILES string of the molecule is CCNc1nc(NNc2ccc(S(=O)(=O)O)cc2)cc(-c2ccncc2)n1. The van der Waals surface area contributed by atoms with Crippen molar-refractivity contribution in [3.05, 3.63) is 54.9 Å². The van der Waals surface area contributed by atoms with Gasteiger partial charge in [-0.25, -0.2) is 4.98 Å². The zero-order valence-electron chi connectivity index (χ0n) is 14.4. The van der Waals surface area contributed by atoms with Crippen molar-refractivity contribution >= 4 is 27.6 Å². The normalized spacial score (nSPS) is 11.0. The van der Waals surface area contributed by atoms with E-state index in [0.29, 0.717) is 24.0 Å². The Morgan fingerprint density at radius 1 is 1.00 bits per heavy atom. The molecule has 10 heteroatoms. The topological polar surface area (TPSA) is 129 Å². The summed E-state index contributed by atoms with van der Waals surface area (Å²) in [6.07, 6.45) is 3.37. The molecule has 3 rings (SSSR count). The average Bonchev–Trinajstić information content (AvgIpc) is 2.67. The summed E-state index contributed by atoms with van der Waals surface area (Å²) in [5.41, 5.74) is 8.10. The third-order valence-electron chi connectivity index (χ3n) is 3.52. The lowest BCUT2D eigenvalue weighted by atomic mass is 10.2. The standard InChI is InChI=1S/C17H18N6O3S/c1-2-19-17-20-15(12-7-9-18-10-8-12)11-16(21-17)23-22-13-3-5-14(6-4-13)27(24,25)26/h3-11,22H,2H2,1H3,(H,24,25,26)(H2,19,20,21,23). The van der Waals surface area contributed by atoms with Crippen molar-refractivity contribution in [3.63, 3.8) is 0 Å². The van der Waals surface area contributed by atoms with Gasteiger partial charge in [0.1, 0.15) is 0 Å². The van der Waals surface area contributed by atoms with Crippen LogP contribution in [0.1, 0.15) is 6.92 Å². The molecule has 0 spiro atoms. The minimum atomic E-state index is -4.22. The average molecular weight is 386 g/mol. The Morgan fingerprint density at radius 3 is 2.33 bits per heavy atom. The second-order valence-corrected chi connectivity index (χ2v) is 6.90. The van der Waals surface area contributed by atoms with Gasteiger partial charge in [0.05, 0.1) is 16.3 Å². The summed E-state index contributed by atoms with van der Waals surface area (Å²) in [5, 5.41) is 3.08. The van der Waals surface area contributed by atoms with Crippen LogP contribution in [0, 0.1) is 0 Å². The number of hydrogen-bond donors (Lipinski definition) is 4. The first-order valence-electron chi connectivity index (χ1n) is 8.08. The second kappa shape index (κ2) is 7.98. The molecule has 0 aliphatic rings. The van der Waals surface area contributed by atoms with Gasteiger partial charge < -0.3 is 5.32 Å². The molecule has 0 atom stereocenters. The first-order chi connectivity index (χ1) is 13.0. The molecule has 140 valence electrons. The molecule has 0 unspecified atom stereocenters. The molecule has 3 aromatic rings. The van der Waals surface area contributed by atoms with Crippen molar-refractivity contribution in [2.45, 2.75) is 11.8 Å². The molecule has 1 aromatic carbocycles. The van der Waals surface area contributed by atoms with E-state index in [4.69, 9.17) is 4.55 Å². The number of hydrazine groups is 1. The van der Waals surface area contributed by atoms with Crippen LogP contribution in [0.5, 0.6) is 0 Å². The maximum atomic E-state index is 11.1. The second-order valence-electron chi connectivity index (χ2n) is 5.48. The molecule has 0 fully saturated rings. The van der Waals surface area contributed by atoms with Gasteiger partial charge in [0.25, 0.3) is 10.1 Å². The molecular formula is C17H18N6O3S. The third-order valence-corrected chi connectivity index (χ3v) is 4.39. The lowest BCUT2D eigenvalue weighted by molar-refractivity contribution is 0.483. The van der Waals surface area contributed by atoms with E-state index in [1.165, 1.54) is 24.3 Å². The van der Waals surface area contributed by atoms with E-state index in [2.05, 4.69) is 31.1 Å². The third kappa shape index (κ3) is 4.90. The first kappa shape index (κ1) is 18.5. The predicted molar refractivity (Wildman–Crippen MR) is 103 cm³/mol. The van der Waals surface area contributed by atoms with E-state index < -0.39 is 10.1 Å². The summed E-state index contributed by atoms with van der Waals surface area (Å²) in [5.74, 6) is 0.990. The molecule has 0 saturated heterocycles. The molecule has 0 aliphatic heterocycles. The van der Waals surface area contributed by atoms with E-state index in [1.807, 2.05) is 19.1 Å². The maximum Gasteiger partial charge on any atom is 0.294 e. The highest BCUT2D eigenvalue weighted by atomic mass is 32.2. The molecule has 9 nitrogen and oxygen atoms in total. The predicted octanol–water partition coefficient (Wildman–Crippen LogP) is 2.66. The molecule has 0 saturated carbocycles. The number of hydrogen-bond acceptors (Lipinski definition) is 8. The summed E-state index contributed by atoms with van der Waals surface area (Å²) in [7, 11) is -4.22. The number of anilines is 3. The quantitative estimate of drug-likeness (QED) is 0.358. The van der Waals surface area contributed by atoms with E-state index in [9.17, 15) is 8.42 Å². The fourth-order valence-corrected chi connectivity index (χ4v) is 2.75. The zero-order chi connectivity index (χ0) is 19.3. The van der Waals surface area contributed by atoms with Gasteiger partial charge in [0, 0.05) is 30.6 Å². The Hall–Kier alpha value is -3.24. The van der Waals surface area contributed by atoms with Crippen molar-refractivity contribution < 1.29 is 13.0 Å². The Kier molecular flexibility index (Phi) is 5.48. The maximum absolute atomic E-state index is 11.1. The number of nitrogens with zero attached hydrogens (tertiary/aromatic N) is 3. The van der Waals surface area contributed by atoms with Crippen LogP contribution in [0.4, 0.5) is 17.5 Å². The van der Waals surface area contributed by atoms with Crippen LogP contribution in [0.25, 0.3) is 11.3 Å². The number of rotatable bonds is 7. The van der Waals surface area contributed by atoms with Gasteiger partial charge in [-0.2, -0.15) is 13.4 Å². The van der Waals surface area contributed by atoms with Crippen LogP contribution in [0.15, 0.2) is 59.8 Å². The number of nitrogens with one attached hydrogen (secondary N) is 3. The minimum Gasteiger partial charge on any atom is -0.354 e. The highest BCUT2D eigenvalue weighted by Gasteiger charge is 2.09. The van der Waals surface area contributed by atoms with Crippen molar-refractivity contribution in [1.29, 1.82) is 0 Å². The zero-order valence-corrected chi connectivity index (χ0v) is 15.2. The molecular weight excluding hydrogens is 368 g/mol. The van der Waals surface area contributed by atoms with E-state index in [0.717, 1.165) is 11.3 Å². The number of pyridine rings is 1. The van der Waals surface area contributed by atoms with Crippen molar-refractivity contribution in [1.82, 2.24) is 15.0 Å². The van der Waals surface area contributed by atoms with Crippen LogP contribution in [-0.4, -0.2) is 34.5 Å². The van der Waals surface area contributed by atoms with Crippen LogP contribution in [0.3, 0.4) is 0 Å². The lowest BCUT2D eigenvalue weighted by Crippen LogP contribution is -2.12. The summed E-state index contributed by atoms with van der Waals surface area (Å²) < 4.78 is 31.2. The summed E-state index contributed by atoms with van der Waals surface area (Å²) in [6, 6.07) is 11.1. The fraction of sp³-hybridized carbons (Fsp3) is 0.118.